The van der Waals surface area contributed by atoms with Gasteiger partial charge < -0.3 is 10.0 Å². The lowest BCUT2D eigenvalue weighted by molar-refractivity contribution is 0.185. The Balaban J connectivity index is 2.15. The molecule has 0 aliphatic carbocycles. The molecule has 2 rings (SSSR count). The number of aryl methyl sites for hydroxylation is 1. The number of aliphatic hydroxyl groups excluding tert-OH is 1. The zero-order valence-electron chi connectivity index (χ0n) is 13.5. The van der Waals surface area contributed by atoms with Gasteiger partial charge in [-0.05, 0) is 26.4 Å². The van der Waals surface area contributed by atoms with Crippen molar-refractivity contribution < 1.29 is 13.5 Å². The van der Waals surface area contributed by atoms with Crippen molar-refractivity contribution in [3.8, 4) is 0 Å². The van der Waals surface area contributed by atoms with Crippen LogP contribution in [0.3, 0.4) is 0 Å². The minimum atomic E-state index is -3.53. The summed E-state index contributed by atoms with van der Waals surface area (Å²) in [6.45, 7) is 4.33. The van der Waals surface area contributed by atoms with Crippen molar-refractivity contribution in [1.82, 2.24) is 19.0 Å². The van der Waals surface area contributed by atoms with Crippen LogP contribution in [0.15, 0.2) is 17.3 Å². The standard InChI is InChI=1S/C14H26N4O3S/c1-4-5-17-10-14(6-15-17)22(20,21)18-8-12(7-16(2)3)13(9-18)11-19/h6,10,12-13,19H,4-5,7-9,11H2,1-3H3/t12-,13-/m1/s1. The van der Waals surface area contributed by atoms with Gasteiger partial charge in [0.15, 0.2) is 0 Å². The molecule has 1 saturated heterocycles. The highest BCUT2D eigenvalue weighted by Crippen LogP contribution is 2.28. The fraction of sp³-hybridized carbons (Fsp3) is 0.786. The molecule has 2 atom stereocenters. The Kier molecular flexibility index (Phi) is 5.60. The van der Waals surface area contributed by atoms with Crippen LogP contribution in [0.2, 0.25) is 0 Å². The van der Waals surface area contributed by atoms with Crippen LogP contribution in [-0.4, -0.2) is 72.8 Å². The van der Waals surface area contributed by atoms with Gasteiger partial charge in [-0.2, -0.15) is 9.40 Å². The molecular formula is C14H26N4O3S. The van der Waals surface area contributed by atoms with Gasteiger partial charge in [0.2, 0.25) is 10.0 Å². The van der Waals surface area contributed by atoms with Crippen LogP contribution < -0.4 is 0 Å². The van der Waals surface area contributed by atoms with Gasteiger partial charge in [0.1, 0.15) is 4.90 Å². The lowest BCUT2D eigenvalue weighted by Gasteiger charge is -2.20. The lowest BCUT2D eigenvalue weighted by Crippen LogP contribution is -2.30. The summed E-state index contributed by atoms with van der Waals surface area (Å²) in [5, 5.41) is 13.6. The van der Waals surface area contributed by atoms with Crippen molar-refractivity contribution in [2.45, 2.75) is 24.8 Å². The fourth-order valence-corrected chi connectivity index (χ4v) is 4.46. The van der Waals surface area contributed by atoms with Crippen molar-refractivity contribution in [3.63, 3.8) is 0 Å². The summed E-state index contributed by atoms with van der Waals surface area (Å²) in [6.07, 6.45) is 3.91. The molecule has 1 fully saturated rings. The van der Waals surface area contributed by atoms with Crippen LogP contribution in [-0.2, 0) is 16.6 Å². The van der Waals surface area contributed by atoms with Crippen LogP contribution in [0.5, 0.6) is 0 Å². The van der Waals surface area contributed by atoms with Gasteiger partial charge in [-0.1, -0.05) is 6.92 Å². The zero-order valence-corrected chi connectivity index (χ0v) is 14.3. The molecule has 1 aromatic rings. The van der Waals surface area contributed by atoms with Crippen LogP contribution in [0.1, 0.15) is 13.3 Å². The maximum Gasteiger partial charge on any atom is 0.246 e. The van der Waals surface area contributed by atoms with Crippen molar-refractivity contribution in [2.24, 2.45) is 11.8 Å². The van der Waals surface area contributed by atoms with Gasteiger partial charge >= 0.3 is 0 Å². The van der Waals surface area contributed by atoms with E-state index in [1.807, 2.05) is 25.9 Å². The van der Waals surface area contributed by atoms with E-state index in [0.29, 0.717) is 19.6 Å². The average Bonchev–Trinajstić information content (AvgIpc) is 3.06. The second kappa shape index (κ2) is 7.08. The number of rotatable bonds is 7. The summed E-state index contributed by atoms with van der Waals surface area (Å²) in [6, 6.07) is 0. The molecule has 0 radical (unpaired) electrons. The molecule has 1 N–H and O–H groups in total. The maximum atomic E-state index is 12.7. The summed E-state index contributed by atoms with van der Waals surface area (Å²) in [4.78, 5) is 2.27. The number of aromatic nitrogens is 2. The number of nitrogens with zero attached hydrogens (tertiary/aromatic N) is 4. The molecule has 0 bridgehead atoms. The van der Waals surface area contributed by atoms with E-state index in [-0.39, 0.29) is 23.3 Å². The molecule has 1 aliphatic rings. The molecule has 22 heavy (non-hydrogen) atoms. The molecule has 0 spiro atoms. The van der Waals surface area contributed by atoms with Gasteiger partial charge in [-0.25, -0.2) is 8.42 Å². The van der Waals surface area contributed by atoms with Crippen molar-refractivity contribution >= 4 is 10.0 Å². The SMILES string of the molecule is CCCn1cc(S(=O)(=O)N2C[C@@H](CN(C)C)[C@@H](CO)C2)cn1. The third-order valence-corrected chi connectivity index (χ3v) is 5.86. The van der Waals surface area contributed by atoms with Gasteiger partial charge in [0.25, 0.3) is 0 Å². The Morgan fingerprint density at radius 2 is 2.05 bits per heavy atom. The first-order valence-electron chi connectivity index (χ1n) is 7.66. The molecule has 0 unspecified atom stereocenters. The summed E-state index contributed by atoms with van der Waals surface area (Å²) in [5.41, 5.74) is 0. The Morgan fingerprint density at radius 3 is 2.64 bits per heavy atom. The third kappa shape index (κ3) is 3.68. The first-order chi connectivity index (χ1) is 10.4. The van der Waals surface area contributed by atoms with Crippen molar-refractivity contribution in [2.75, 3.05) is 40.3 Å². The molecule has 0 amide bonds. The Labute approximate surface area is 132 Å². The van der Waals surface area contributed by atoms with Crippen molar-refractivity contribution in [1.29, 1.82) is 0 Å². The zero-order chi connectivity index (χ0) is 16.3. The fourth-order valence-electron chi connectivity index (χ4n) is 2.95. The van der Waals surface area contributed by atoms with Gasteiger partial charge in [0.05, 0.1) is 6.20 Å². The number of hydrogen-bond acceptors (Lipinski definition) is 5. The first-order valence-corrected chi connectivity index (χ1v) is 9.10. The van der Waals surface area contributed by atoms with Crippen LogP contribution in [0, 0.1) is 11.8 Å². The highest BCUT2D eigenvalue weighted by Gasteiger charge is 2.39. The first kappa shape index (κ1) is 17.4. The van der Waals surface area contributed by atoms with Crippen LogP contribution in [0.4, 0.5) is 0 Å². The minimum absolute atomic E-state index is 0.0112. The summed E-state index contributed by atoms with van der Waals surface area (Å²) >= 11 is 0. The Hall–Kier alpha value is -0.960. The Morgan fingerprint density at radius 1 is 1.36 bits per heavy atom. The summed E-state index contributed by atoms with van der Waals surface area (Å²) < 4.78 is 28.6. The molecule has 7 nitrogen and oxygen atoms in total. The van der Waals surface area contributed by atoms with Gasteiger partial charge in [-0.3, -0.25) is 4.68 Å². The molecule has 1 aliphatic heterocycles. The van der Waals surface area contributed by atoms with E-state index in [9.17, 15) is 13.5 Å². The maximum absolute atomic E-state index is 12.7. The Bertz CT molecular complexity index is 585. The number of hydrogen-bond donors (Lipinski definition) is 1. The summed E-state index contributed by atoms with van der Waals surface area (Å²) in [5.74, 6) is 0.142. The second-order valence-corrected chi connectivity index (χ2v) is 8.16. The quantitative estimate of drug-likeness (QED) is 0.766. The monoisotopic (exact) mass is 330 g/mol. The lowest BCUT2D eigenvalue weighted by atomic mass is 9.97. The molecule has 126 valence electrons. The van der Waals surface area contributed by atoms with E-state index in [1.54, 1.807) is 10.9 Å². The number of sulfonamides is 1. The third-order valence-electron chi connectivity index (χ3n) is 4.08. The smallest absolute Gasteiger partial charge is 0.246 e. The highest BCUT2D eigenvalue weighted by atomic mass is 32.2. The number of aliphatic hydroxyl groups is 1. The second-order valence-electron chi connectivity index (χ2n) is 6.23. The average molecular weight is 330 g/mol. The van der Waals surface area contributed by atoms with E-state index >= 15 is 0 Å². The van der Waals surface area contributed by atoms with Gasteiger partial charge in [0, 0.05) is 44.9 Å². The van der Waals surface area contributed by atoms with E-state index < -0.39 is 10.0 Å². The molecule has 0 aromatic carbocycles. The van der Waals surface area contributed by atoms with Crippen molar-refractivity contribution in [3.05, 3.63) is 12.4 Å². The molecule has 0 saturated carbocycles. The van der Waals surface area contributed by atoms with Crippen LogP contribution >= 0.6 is 0 Å². The summed E-state index contributed by atoms with van der Waals surface area (Å²) in [7, 11) is 0.390. The molecular weight excluding hydrogens is 304 g/mol. The predicted molar refractivity (Wildman–Crippen MR) is 83.9 cm³/mol. The van der Waals surface area contributed by atoms with E-state index in [1.165, 1.54) is 10.5 Å². The minimum Gasteiger partial charge on any atom is -0.396 e. The normalized spacial score (nSPS) is 23.5. The molecule has 1 aromatic heterocycles. The van der Waals surface area contributed by atoms with E-state index in [0.717, 1.165) is 13.0 Å². The van der Waals surface area contributed by atoms with Gasteiger partial charge in [-0.15, -0.1) is 0 Å². The van der Waals surface area contributed by atoms with E-state index in [2.05, 4.69) is 5.10 Å². The van der Waals surface area contributed by atoms with E-state index in [4.69, 9.17) is 0 Å². The molecule has 8 heteroatoms. The topological polar surface area (TPSA) is 78.7 Å². The van der Waals surface area contributed by atoms with Crippen LogP contribution in [0.25, 0.3) is 0 Å². The molecule has 2 heterocycles. The predicted octanol–water partition coefficient (Wildman–Crippen LogP) is 0.0837. The largest absolute Gasteiger partial charge is 0.396 e. The highest BCUT2D eigenvalue weighted by molar-refractivity contribution is 7.89.